The van der Waals surface area contributed by atoms with Crippen LogP contribution in [0.2, 0.25) is 0 Å². The Labute approximate surface area is 158 Å². The molecule has 0 radical (unpaired) electrons. The molecule has 0 aromatic heterocycles. The molecule has 1 saturated heterocycles. The number of nitrogens with one attached hydrogen (secondary N) is 2. The van der Waals surface area contributed by atoms with E-state index < -0.39 is 28.9 Å². The molecule has 7 nitrogen and oxygen atoms in total. The highest BCUT2D eigenvalue weighted by Crippen LogP contribution is 2.39. The molecule has 1 aromatic rings. The molecule has 3 rings (SSSR count). The highest BCUT2D eigenvalue weighted by atomic mass is 16.2. The number of carbonyl (C=O) groups is 3. The Morgan fingerprint density at radius 2 is 2.04 bits per heavy atom. The van der Waals surface area contributed by atoms with E-state index in [0.717, 1.165) is 23.3 Å². The van der Waals surface area contributed by atoms with Crippen molar-refractivity contribution in [3.05, 3.63) is 35.9 Å². The molecule has 0 spiro atoms. The van der Waals surface area contributed by atoms with E-state index in [1.807, 2.05) is 30.3 Å². The minimum absolute atomic E-state index is 0.130. The SMILES string of the molecule is C[C@@]1(CCc2ccccc2)NC(=O)N(CC(=O)N[C@@](C)(C#N)C2CC2)C1=O. The number of urea groups is 1. The van der Waals surface area contributed by atoms with Crippen LogP contribution in [0.4, 0.5) is 4.79 Å². The van der Waals surface area contributed by atoms with Gasteiger partial charge in [0, 0.05) is 0 Å². The van der Waals surface area contributed by atoms with Gasteiger partial charge in [0.05, 0.1) is 6.07 Å². The molecule has 0 bridgehead atoms. The van der Waals surface area contributed by atoms with Crippen LogP contribution >= 0.6 is 0 Å². The molecule has 27 heavy (non-hydrogen) atoms. The molecule has 1 aliphatic carbocycles. The third-order valence-corrected chi connectivity index (χ3v) is 5.43. The largest absolute Gasteiger partial charge is 0.336 e. The molecule has 7 heteroatoms. The third kappa shape index (κ3) is 3.95. The molecule has 2 aliphatic rings. The topological polar surface area (TPSA) is 102 Å². The van der Waals surface area contributed by atoms with Crippen LogP contribution in [-0.2, 0) is 16.0 Å². The lowest BCUT2D eigenvalue weighted by Crippen LogP contribution is -2.51. The molecular weight excluding hydrogens is 344 g/mol. The Bertz CT molecular complexity index is 799. The van der Waals surface area contributed by atoms with E-state index in [2.05, 4.69) is 16.7 Å². The zero-order chi connectivity index (χ0) is 19.7. The second-order valence-electron chi connectivity index (χ2n) is 7.78. The number of hydrogen-bond donors (Lipinski definition) is 2. The van der Waals surface area contributed by atoms with E-state index in [-0.39, 0.29) is 12.5 Å². The van der Waals surface area contributed by atoms with Crippen molar-refractivity contribution in [2.45, 2.75) is 50.6 Å². The molecule has 0 unspecified atom stereocenters. The van der Waals surface area contributed by atoms with Crippen LogP contribution in [0.3, 0.4) is 0 Å². The summed E-state index contributed by atoms with van der Waals surface area (Å²) in [6.07, 6.45) is 2.87. The summed E-state index contributed by atoms with van der Waals surface area (Å²) >= 11 is 0. The highest BCUT2D eigenvalue weighted by molar-refractivity contribution is 6.08. The molecule has 2 fully saturated rings. The number of nitriles is 1. The van der Waals surface area contributed by atoms with Gasteiger partial charge in [0.1, 0.15) is 17.6 Å². The number of imide groups is 1. The van der Waals surface area contributed by atoms with E-state index in [1.165, 1.54) is 0 Å². The quantitative estimate of drug-likeness (QED) is 0.716. The zero-order valence-electron chi connectivity index (χ0n) is 15.6. The van der Waals surface area contributed by atoms with Crippen molar-refractivity contribution in [3.63, 3.8) is 0 Å². The van der Waals surface area contributed by atoms with Crippen LogP contribution in [0.1, 0.15) is 38.7 Å². The van der Waals surface area contributed by atoms with E-state index in [4.69, 9.17) is 0 Å². The van der Waals surface area contributed by atoms with Crippen LogP contribution in [0.5, 0.6) is 0 Å². The van der Waals surface area contributed by atoms with E-state index in [1.54, 1.807) is 13.8 Å². The Morgan fingerprint density at radius 1 is 1.37 bits per heavy atom. The lowest BCUT2D eigenvalue weighted by molar-refractivity contribution is -0.135. The fraction of sp³-hybridized carbons (Fsp3) is 0.500. The first-order chi connectivity index (χ1) is 12.8. The second kappa shape index (κ2) is 7.03. The Balaban J connectivity index is 1.61. The summed E-state index contributed by atoms with van der Waals surface area (Å²) in [5.41, 5.74) is -0.916. The van der Waals surface area contributed by atoms with E-state index in [9.17, 15) is 19.6 Å². The molecule has 4 amide bonds. The monoisotopic (exact) mass is 368 g/mol. The Hall–Kier alpha value is -2.88. The average molecular weight is 368 g/mol. The van der Waals surface area contributed by atoms with Gasteiger partial charge in [-0.2, -0.15) is 5.26 Å². The van der Waals surface area contributed by atoms with Crippen LogP contribution in [0.15, 0.2) is 30.3 Å². The molecule has 2 N–H and O–H groups in total. The van der Waals surface area contributed by atoms with Gasteiger partial charge in [0.2, 0.25) is 5.91 Å². The summed E-state index contributed by atoms with van der Waals surface area (Å²) in [6, 6.07) is 11.3. The average Bonchev–Trinajstić information content (AvgIpc) is 3.47. The minimum atomic E-state index is -1.04. The van der Waals surface area contributed by atoms with Crippen molar-refractivity contribution in [2.24, 2.45) is 5.92 Å². The van der Waals surface area contributed by atoms with Crippen LogP contribution in [0, 0.1) is 17.2 Å². The zero-order valence-corrected chi connectivity index (χ0v) is 15.6. The normalized spacial score (nSPS) is 24.1. The molecule has 1 aromatic carbocycles. The number of nitrogens with zero attached hydrogens (tertiary/aromatic N) is 2. The van der Waals surface area contributed by atoms with Crippen LogP contribution in [-0.4, -0.2) is 40.4 Å². The standard InChI is InChI=1S/C20H24N4O3/c1-19(11-10-14-6-4-3-5-7-14)17(26)24(18(27)23-19)12-16(25)22-20(2,13-21)15-8-9-15/h3-7,15H,8-12H2,1-2H3,(H,22,25)(H,23,27)/t19-,20-/m0/s1. The molecule has 1 heterocycles. The summed E-state index contributed by atoms with van der Waals surface area (Å²) in [5, 5.41) is 14.7. The molecule has 2 atom stereocenters. The Morgan fingerprint density at radius 3 is 2.63 bits per heavy atom. The van der Waals surface area contributed by atoms with Crippen molar-refractivity contribution in [1.82, 2.24) is 15.5 Å². The van der Waals surface area contributed by atoms with Crippen molar-refractivity contribution in [1.29, 1.82) is 5.26 Å². The van der Waals surface area contributed by atoms with E-state index in [0.29, 0.717) is 12.8 Å². The maximum absolute atomic E-state index is 12.8. The number of hydrogen-bond acceptors (Lipinski definition) is 4. The number of benzene rings is 1. The smallest absolute Gasteiger partial charge is 0.325 e. The number of amides is 4. The summed E-state index contributed by atoms with van der Waals surface area (Å²) in [7, 11) is 0. The Kier molecular flexibility index (Phi) is 4.92. The first-order valence-electron chi connectivity index (χ1n) is 9.18. The summed E-state index contributed by atoms with van der Waals surface area (Å²) in [4.78, 5) is 38.3. The number of rotatable bonds is 7. The van der Waals surface area contributed by atoms with Crippen LogP contribution < -0.4 is 10.6 Å². The van der Waals surface area contributed by atoms with Gasteiger partial charge in [0.15, 0.2) is 0 Å². The summed E-state index contributed by atoms with van der Waals surface area (Å²) in [6.45, 7) is 2.98. The molecule has 1 aliphatic heterocycles. The predicted octanol–water partition coefficient (Wildman–Crippen LogP) is 1.74. The highest BCUT2D eigenvalue weighted by Gasteiger charge is 2.49. The minimum Gasteiger partial charge on any atom is -0.336 e. The van der Waals surface area contributed by atoms with Gasteiger partial charge in [-0.1, -0.05) is 30.3 Å². The molecular formula is C20H24N4O3. The van der Waals surface area contributed by atoms with Gasteiger partial charge in [-0.05, 0) is 51.0 Å². The van der Waals surface area contributed by atoms with E-state index >= 15 is 0 Å². The third-order valence-electron chi connectivity index (χ3n) is 5.43. The fourth-order valence-electron chi connectivity index (χ4n) is 3.45. The van der Waals surface area contributed by atoms with Gasteiger partial charge in [-0.15, -0.1) is 0 Å². The molecule has 142 valence electrons. The van der Waals surface area contributed by atoms with Gasteiger partial charge >= 0.3 is 6.03 Å². The lowest BCUT2D eigenvalue weighted by Gasteiger charge is -2.24. The summed E-state index contributed by atoms with van der Waals surface area (Å²) in [5.74, 6) is -0.781. The van der Waals surface area contributed by atoms with Crippen molar-refractivity contribution in [2.75, 3.05) is 6.54 Å². The second-order valence-corrected chi connectivity index (χ2v) is 7.78. The van der Waals surface area contributed by atoms with Crippen LogP contribution in [0.25, 0.3) is 0 Å². The van der Waals surface area contributed by atoms with Gasteiger partial charge < -0.3 is 10.6 Å². The predicted molar refractivity (Wildman–Crippen MR) is 98.3 cm³/mol. The molecule has 1 saturated carbocycles. The number of aryl methyl sites for hydroxylation is 1. The number of carbonyl (C=O) groups excluding carboxylic acids is 3. The first kappa shape index (κ1) is 18.9. The van der Waals surface area contributed by atoms with Crippen molar-refractivity contribution >= 4 is 17.8 Å². The maximum Gasteiger partial charge on any atom is 0.325 e. The van der Waals surface area contributed by atoms with Crippen molar-refractivity contribution in [3.8, 4) is 6.07 Å². The maximum atomic E-state index is 12.8. The van der Waals surface area contributed by atoms with Gasteiger partial charge in [-0.3, -0.25) is 14.5 Å². The summed E-state index contributed by atoms with van der Waals surface area (Å²) < 4.78 is 0. The van der Waals surface area contributed by atoms with Gasteiger partial charge in [0.25, 0.3) is 5.91 Å². The first-order valence-corrected chi connectivity index (χ1v) is 9.18. The van der Waals surface area contributed by atoms with Crippen molar-refractivity contribution < 1.29 is 14.4 Å². The van der Waals surface area contributed by atoms with Gasteiger partial charge in [-0.25, -0.2) is 4.79 Å². The lowest BCUT2D eigenvalue weighted by atomic mass is 9.93. The fourth-order valence-corrected chi connectivity index (χ4v) is 3.45.